The zero-order chi connectivity index (χ0) is 34.6. The predicted molar refractivity (Wildman–Crippen MR) is 211 cm³/mol. The van der Waals surface area contributed by atoms with E-state index in [2.05, 4.69) is 176 Å². The number of ether oxygens (including phenoxy) is 1. The summed E-state index contributed by atoms with van der Waals surface area (Å²) in [6.07, 6.45) is 6.46. The van der Waals surface area contributed by atoms with E-state index in [0.29, 0.717) is 5.69 Å². The van der Waals surface area contributed by atoms with Crippen molar-refractivity contribution in [1.82, 2.24) is 0 Å². The largest absolute Gasteiger partial charge is 0.472 e. The molecular weight excluding hydrogens is 619 g/mol. The van der Waals surface area contributed by atoms with Gasteiger partial charge in [-0.25, -0.2) is 4.85 Å². The van der Waals surface area contributed by atoms with Crippen molar-refractivity contribution in [3.05, 3.63) is 197 Å². The van der Waals surface area contributed by atoms with Gasteiger partial charge in [0.2, 0.25) is 0 Å². The first-order valence-electron chi connectivity index (χ1n) is 17.9. The van der Waals surface area contributed by atoms with Crippen LogP contribution >= 0.6 is 0 Å². The topological polar surface area (TPSA) is 13.6 Å². The van der Waals surface area contributed by atoms with Crippen molar-refractivity contribution >= 4 is 22.5 Å². The number of benzene rings is 7. The fraction of sp³-hybridized carbons (Fsp3) is 0.122. The molecule has 0 N–H and O–H groups in total. The molecule has 7 aromatic rings. The summed E-state index contributed by atoms with van der Waals surface area (Å²) in [5.74, 6) is 0.915. The van der Waals surface area contributed by atoms with Gasteiger partial charge in [0.05, 0.1) is 6.57 Å². The Balaban J connectivity index is 1.25. The number of fused-ring (bicyclic) bond motifs is 8. The monoisotopic (exact) mass is 655 g/mol. The standard InChI is InChI=1S/C49H37NO/c1-4-48(5-2)44-32-37(50-3)28-29-42(44)45-40-22-14-15-23-41(40)47-43(46(45)48)30-31-49(51-47,35-18-10-7-11-19-35)36-26-24-34(25-27-36)39-21-13-12-20-38(39)33-16-8-6-9-17-33/h6-32H,4-5H2,1-2H3. The number of nitrogens with zero attached hydrogens (tertiary/aromatic N) is 1. The molecular formula is C49H37NO. The van der Waals surface area contributed by atoms with E-state index in [1.165, 1.54) is 44.3 Å². The Hall–Kier alpha value is -6.17. The molecule has 1 atom stereocenters. The van der Waals surface area contributed by atoms with E-state index in [9.17, 15) is 0 Å². The third-order valence-electron chi connectivity index (χ3n) is 11.4. The summed E-state index contributed by atoms with van der Waals surface area (Å²) in [6.45, 7) is 12.4. The highest BCUT2D eigenvalue weighted by atomic mass is 16.5. The van der Waals surface area contributed by atoms with Crippen LogP contribution in [0.2, 0.25) is 0 Å². The lowest BCUT2D eigenvalue weighted by Crippen LogP contribution is -2.35. The van der Waals surface area contributed by atoms with E-state index in [-0.39, 0.29) is 5.41 Å². The molecule has 0 amide bonds. The second-order valence-electron chi connectivity index (χ2n) is 13.7. The maximum Gasteiger partial charge on any atom is 0.187 e. The summed E-state index contributed by atoms with van der Waals surface area (Å²) in [6, 6.07) is 53.7. The highest BCUT2D eigenvalue weighted by Gasteiger charge is 2.46. The Kier molecular flexibility index (Phi) is 7.26. The van der Waals surface area contributed by atoms with Crippen molar-refractivity contribution < 1.29 is 4.74 Å². The summed E-state index contributed by atoms with van der Waals surface area (Å²) in [5.41, 5.74) is 12.8. The quantitative estimate of drug-likeness (QED) is 0.163. The van der Waals surface area contributed by atoms with Gasteiger partial charge in [0.1, 0.15) is 5.75 Å². The third-order valence-corrected chi connectivity index (χ3v) is 11.4. The second kappa shape index (κ2) is 12.0. The van der Waals surface area contributed by atoms with E-state index in [0.717, 1.165) is 46.2 Å². The van der Waals surface area contributed by atoms with Gasteiger partial charge in [-0.15, -0.1) is 0 Å². The van der Waals surface area contributed by atoms with Gasteiger partial charge >= 0.3 is 0 Å². The van der Waals surface area contributed by atoms with Crippen LogP contribution < -0.4 is 4.74 Å². The molecule has 0 fully saturated rings. The minimum Gasteiger partial charge on any atom is -0.472 e. The lowest BCUT2D eigenvalue weighted by atomic mass is 9.71. The first kappa shape index (κ1) is 30.9. The van der Waals surface area contributed by atoms with Gasteiger partial charge in [0.25, 0.3) is 0 Å². The Morgan fingerprint density at radius 2 is 1.18 bits per heavy atom. The molecule has 0 radical (unpaired) electrons. The molecule has 0 aromatic heterocycles. The SMILES string of the molecule is [C-]#[N+]c1ccc2c(c1)C(CC)(CC)c1c3c(c4ccccc4c1-2)OC(c1ccccc1)(c1ccc(-c2ccccc2-c2ccccc2)cc1)C=C3. The van der Waals surface area contributed by atoms with Gasteiger partial charge in [-0.2, -0.15) is 0 Å². The Labute approximate surface area is 300 Å². The number of hydrogen-bond acceptors (Lipinski definition) is 1. The minimum atomic E-state index is -0.841. The molecule has 7 aromatic carbocycles. The van der Waals surface area contributed by atoms with Gasteiger partial charge in [-0.05, 0) is 68.8 Å². The normalized spacial score (nSPS) is 16.5. The molecule has 1 unspecified atom stereocenters. The minimum absolute atomic E-state index is 0.228. The molecule has 0 saturated heterocycles. The van der Waals surface area contributed by atoms with Crippen LogP contribution in [0.5, 0.6) is 5.75 Å². The first-order chi connectivity index (χ1) is 25.1. The lowest BCUT2D eigenvalue weighted by molar-refractivity contribution is 0.163. The number of hydrogen-bond donors (Lipinski definition) is 0. The molecule has 0 bridgehead atoms. The molecule has 0 saturated carbocycles. The van der Waals surface area contributed by atoms with Gasteiger partial charge < -0.3 is 4.74 Å². The molecule has 244 valence electrons. The molecule has 2 heteroatoms. The van der Waals surface area contributed by atoms with Crippen molar-refractivity contribution in [3.63, 3.8) is 0 Å². The average molecular weight is 656 g/mol. The fourth-order valence-corrected chi connectivity index (χ4v) is 8.87. The maximum atomic E-state index is 7.81. The molecule has 2 aliphatic rings. The lowest BCUT2D eigenvalue weighted by Gasteiger charge is -2.39. The maximum absolute atomic E-state index is 7.81. The summed E-state index contributed by atoms with van der Waals surface area (Å²) in [5, 5.41) is 2.30. The molecule has 2 nitrogen and oxygen atoms in total. The Bertz CT molecular complexity index is 2520. The molecule has 0 spiro atoms. The van der Waals surface area contributed by atoms with E-state index in [4.69, 9.17) is 11.3 Å². The highest BCUT2D eigenvalue weighted by molar-refractivity contribution is 6.08. The fourth-order valence-electron chi connectivity index (χ4n) is 8.87. The molecule has 51 heavy (non-hydrogen) atoms. The predicted octanol–water partition coefficient (Wildman–Crippen LogP) is 13.2. The van der Waals surface area contributed by atoms with Crippen molar-refractivity contribution in [3.8, 4) is 39.1 Å². The Morgan fingerprint density at radius 3 is 1.84 bits per heavy atom. The van der Waals surface area contributed by atoms with Crippen LogP contribution in [0.4, 0.5) is 5.69 Å². The molecule has 9 rings (SSSR count). The summed E-state index contributed by atoms with van der Waals surface area (Å²) < 4.78 is 7.56. The van der Waals surface area contributed by atoms with Gasteiger partial charge in [-0.3, -0.25) is 0 Å². The van der Waals surface area contributed by atoms with Crippen molar-refractivity contribution in [2.24, 2.45) is 0 Å². The average Bonchev–Trinajstić information content (AvgIpc) is 3.51. The summed E-state index contributed by atoms with van der Waals surface area (Å²) in [7, 11) is 0. The van der Waals surface area contributed by atoms with Crippen LogP contribution in [0.25, 0.3) is 55.1 Å². The van der Waals surface area contributed by atoms with Crippen LogP contribution in [-0.4, -0.2) is 0 Å². The van der Waals surface area contributed by atoms with Crippen LogP contribution in [0.3, 0.4) is 0 Å². The third kappa shape index (κ3) is 4.55. The van der Waals surface area contributed by atoms with Crippen LogP contribution in [0.1, 0.15) is 54.5 Å². The van der Waals surface area contributed by atoms with Gasteiger partial charge in [-0.1, -0.05) is 172 Å². The van der Waals surface area contributed by atoms with E-state index in [1.54, 1.807) is 0 Å². The summed E-state index contributed by atoms with van der Waals surface area (Å²) in [4.78, 5) is 3.84. The van der Waals surface area contributed by atoms with E-state index < -0.39 is 5.60 Å². The molecule has 1 aliphatic heterocycles. The van der Waals surface area contributed by atoms with E-state index in [1.807, 2.05) is 6.07 Å². The first-order valence-corrected chi connectivity index (χ1v) is 17.9. The second-order valence-corrected chi connectivity index (χ2v) is 13.7. The zero-order valence-electron chi connectivity index (χ0n) is 28.9. The number of rotatable bonds is 6. The van der Waals surface area contributed by atoms with Crippen molar-refractivity contribution in [1.29, 1.82) is 0 Å². The van der Waals surface area contributed by atoms with Crippen LogP contribution in [-0.2, 0) is 11.0 Å². The van der Waals surface area contributed by atoms with Crippen LogP contribution in [0, 0.1) is 6.57 Å². The zero-order valence-corrected chi connectivity index (χ0v) is 28.9. The van der Waals surface area contributed by atoms with Gasteiger partial charge in [0, 0.05) is 27.5 Å². The summed E-state index contributed by atoms with van der Waals surface area (Å²) >= 11 is 0. The van der Waals surface area contributed by atoms with Crippen molar-refractivity contribution in [2.45, 2.75) is 37.7 Å². The van der Waals surface area contributed by atoms with Crippen molar-refractivity contribution in [2.75, 3.05) is 0 Å². The highest BCUT2D eigenvalue weighted by Crippen LogP contribution is 2.60. The van der Waals surface area contributed by atoms with E-state index >= 15 is 0 Å². The van der Waals surface area contributed by atoms with Crippen LogP contribution in [0.15, 0.2) is 158 Å². The molecule has 1 heterocycles. The van der Waals surface area contributed by atoms with Gasteiger partial charge in [0.15, 0.2) is 11.3 Å². The smallest absolute Gasteiger partial charge is 0.187 e. The Morgan fingerprint density at radius 1 is 0.588 bits per heavy atom. The molecule has 1 aliphatic carbocycles.